The van der Waals surface area contributed by atoms with Crippen LogP contribution in [0.3, 0.4) is 0 Å². The molecule has 0 bridgehead atoms. The number of likely N-dealkylation sites (N-methyl/N-ethyl adjacent to an activating group) is 1. The van der Waals surface area contributed by atoms with Crippen molar-refractivity contribution in [2.24, 2.45) is 0 Å². The molecule has 4 heteroatoms. The van der Waals surface area contributed by atoms with Gasteiger partial charge in [0.2, 0.25) is 0 Å². The molecule has 1 aliphatic rings. The van der Waals surface area contributed by atoms with E-state index >= 15 is 0 Å². The fourth-order valence-corrected chi connectivity index (χ4v) is 3.94. The third kappa shape index (κ3) is 3.90. The smallest absolute Gasteiger partial charge is 0.119 e. The van der Waals surface area contributed by atoms with Crippen molar-refractivity contribution in [3.63, 3.8) is 0 Å². The van der Waals surface area contributed by atoms with Crippen LogP contribution in [0.2, 0.25) is 0 Å². The lowest BCUT2D eigenvalue weighted by Gasteiger charge is -2.38. The topological polar surface area (TPSA) is 24.5 Å². The van der Waals surface area contributed by atoms with Crippen LogP contribution < -0.4 is 10.1 Å². The molecule has 1 aliphatic heterocycles. The van der Waals surface area contributed by atoms with Crippen LogP contribution in [0.25, 0.3) is 0 Å². The molecule has 2 atom stereocenters. The molecule has 1 N–H and O–H groups in total. The number of thioether (sulfide) groups is 1. The number of methoxy groups -OCH3 is 1. The third-order valence-electron chi connectivity index (χ3n) is 3.90. The van der Waals surface area contributed by atoms with Crippen LogP contribution in [0.1, 0.15) is 24.9 Å². The first kappa shape index (κ1) is 15.7. The first-order chi connectivity index (χ1) is 9.76. The van der Waals surface area contributed by atoms with Crippen LogP contribution in [0.15, 0.2) is 24.3 Å². The summed E-state index contributed by atoms with van der Waals surface area (Å²) in [6.07, 6.45) is 1.16. The number of rotatable bonds is 6. The van der Waals surface area contributed by atoms with Gasteiger partial charge in [-0.1, -0.05) is 19.1 Å². The summed E-state index contributed by atoms with van der Waals surface area (Å²) in [5.41, 5.74) is 1.33. The van der Waals surface area contributed by atoms with E-state index in [1.807, 2.05) is 6.07 Å². The van der Waals surface area contributed by atoms with E-state index in [1.165, 1.54) is 23.6 Å². The molecule has 2 rings (SSSR count). The molecule has 1 saturated heterocycles. The Labute approximate surface area is 127 Å². The highest BCUT2D eigenvalue weighted by atomic mass is 32.2. The molecular formula is C16H26N2OS. The van der Waals surface area contributed by atoms with Gasteiger partial charge in [0, 0.05) is 30.1 Å². The molecule has 20 heavy (non-hydrogen) atoms. The van der Waals surface area contributed by atoms with Gasteiger partial charge in [0.15, 0.2) is 0 Å². The van der Waals surface area contributed by atoms with Crippen molar-refractivity contribution < 1.29 is 4.74 Å². The Kier molecular flexibility index (Phi) is 6.20. The van der Waals surface area contributed by atoms with Gasteiger partial charge >= 0.3 is 0 Å². The fraction of sp³-hybridized carbons (Fsp3) is 0.625. The Bertz CT molecular complexity index is 413. The van der Waals surface area contributed by atoms with Gasteiger partial charge in [-0.3, -0.25) is 4.90 Å². The maximum Gasteiger partial charge on any atom is 0.119 e. The largest absolute Gasteiger partial charge is 0.497 e. The second-order valence-electron chi connectivity index (χ2n) is 5.33. The van der Waals surface area contributed by atoms with Crippen LogP contribution in [0.5, 0.6) is 5.75 Å². The molecule has 3 nitrogen and oxygen atoms in total. The van der Waals surface area contributed by atoms with Crippen molar-refractivity contribution in [1.29, 1.82) is 0 Å². The maximum absolute atomic E-state index is 5.38. The van der Waals surface area contributed by atoms with E-state index in [4.69, 9.17) is 4.74 Å². The van der Waals surface area contributed by atoms with Gasteiger partial charge in [-0.2, -0.15) is 11.8 Å². The maximum atomic E-state index is 5.38. The van der Waals surface area contributed by atoms with Crippen LogP contribution >= 0.6 is 11.8 Å². The molecule has 0 saturated carbocycles. The average Bonchev–Trinajstić information content (AvgIpc) is 2.49. The molecule has 1 fully saturated rings. The summed E-state index contributed by atoms with van der Waals surface area (Å²) in [6.45, 7) is 4.44. The molecule has 0 aromatic heterocycles. The summed E-state index contributed by atoms with van der Waals surface area (Å²) >= 11 is 2.06. The summed E-state index contributed by atoms with van der Waals surface area (Å²) in [6, 6.07) is 9.41. The predicted molar refractivity (Wildman–Crippen MR) is 87.8 cm³/mol. The number of nitrogens with one attached hydrogen (secondary N) is 1. The first-order valence-corrected chi connectivity index (χ1v) is 8.57. The Balaban J connectivity index is 2.20. The molecule has 2 unspecified atom stereocenters. The zero-order valence-corrected chi connectivity index (χ0v) is 13.6. The van der Waals surface area contributed by atoms with E-state index in [-0.39, 0.29) is 0 Å². The lowest BCUT2D eigenvalue weighted by Crippen LogP contribution is -2.48. The van der Waals surface area contributed by atoms with Gasteiger partial charge in [-0.25, -0.2) is 0 Å². The quantitative estimate of drug-likeness (QED) is 0.872. The van der Waals surface area contributed by atoms with Crippen molar-refractivity contribution in [3.8, 4) is 5.75 Å². The third-order valence-corrected chi connectivity index (χ3v) is 4.94. The Morgan fingerprint density at radius 3 is 3.05 bits per heavy atom. The van der Waals surface area contributed by atoms with Crippen LogP contribution in [0, 0.1) is 0 Å². The number of ether oxygens (including phenoxy) is 1. The van der Waals surface area contributed by atoms with Crippen LogP contribution in [0.4, 0.5) is 0 Å². The Hall–Kier alpha value is -0.710. The molecule has 0 amide bonds. The van der Waals surface area contributed by atoms with Gasteiger partial charge in [-0.05, 0) is 37.7 Å². The van der Waals surface area contributed by atoms with Gasteiger partial charge < -0.3 is 10.1 Å². The summed E-state index contributed by atoms with van der Waals surface area (Å²) in [7, 11) is 3.97. The summed E-state index contributed by atoms with van der Waals surface area (Å²) < 4.78 is 5.38. The first-order valence-electron chi connectivity index (χ1n) is 7.41. The van der Waals surface area contributed by atoms with Crippen molar-refractivity contribution in [3.05, 3.63) is 29.8 Å². The van der Waals surface area contributed by atoms with Crippen LogP contribution in [-0.2, 0) is 0 Å². The lowest BCUT2D eigenvalue weighted by atomic mass is 9.98. The van der Waals surface area contributed by atoms with Gasteiger partial charge in [0.1, 0.15) is 5.75 Å². The molecule has 1 aromatic rings. The van der Waals surface area contributed by atoms with E-state index in [2.05, 4.69) is 54.1 Å². The van der Waals surface area contributed by atoms with Gasteiger partial charge in [0.25, 0.3) is 0 Å². The zero-order chi connectivity index (χ0) is 14.4. The van der Waals surface area contributed by atoms with Crippen molar-refractivity contribution in [2.75, 3.05) is 38.8 Å². The van der Waals surface area contributed by atoms with E-state index < -0.39 is 0 Å². The predicted octanol–water partition coefficient (Wildman–Crippen LogP) is 2.78. The molecule has 1 aromatic carbocycles. The standard InChI is InChI=1S/C16H26N2OS/c1-4-8-17-16(15-12-20-10-9-18(15)2)13-6-5-7-14(11-13)19-3/h5-7,11,15-17H,4,8-10,12H2,1-3H3. The highest BCUT2D eigenvalue weighted by Crippen LogP contribution is 2.28. The molecule has 0 spiro atoms. The van der Waals surface area contributed by atoms with Gasteiger partial charge in [0.05, 0.1) is 7.11 Å². The van der Waals surface area contributed by atoms with Crippen molar-refractivity contribution in [2.45, 2.75) is 25.4 Å². The minimum atomic E-state index is 0.378. The second kappa shape index (κ2) is 7.91. The monoisotopic (exact) mass is 294 g/mol. The van der Waals surface area contributed by atoms with Gasteiger partial charge in [-0.15, -0.1) is 0 Å². The fourth-order valence-electron chi connectivity index (χ4n) is 2.67. The normalized spacial score (nSPS) is 21.6. The van der Waals surface area contributed by atoms with E-state index in [0.29, 0.717) is 12.1 Å². The summed E-state index contributed by atoms with van der Waals surface area (Å²) in [5.74, 6) is 3.37. The highest BCUT2D eigenvalue weighted by molar-refractivity contribution is 7.99. The van der Waals surface area contributed by atoms with E-state index in [9.17, 15) is 0 Å². The van der Waals surface area contributed by atoms with Crippen molar-refractivity contribution in [1.82, 2.24) is 10.2 Å². The zero-order valence-electron chi connectivity index (χ0n) is 12.8. The molecule has 1 heterocycles. The summed E-state index contributed by atoms with van der Waals surface area (Å²) in [5, 5.41) is 3.73. The minimum Gasteiger partial charge on any atom is -0.497 e. The Morgan fingerprint density at radius 2 is 2.35 bits per heavy atom. The average molecular weight is 294 g/mol. The minimum absolute atomic E-state index is 0.378. The second-order valence-corrected chi connectivity index (χ2v) is 6.48. The number of nitrogens with zero attached hydrogens (tertiary/aromatic N) is 1. The molecule has 0 radical (unpaired) electrons. The van der Waals surface area contributed by atoms with Crippen molar-refractivity contribution >= 4 is 11.8 Å². The van der Waals surface area contributed by atoms with E-state index in [1.54, 1.807) is 7.11 Å². The van der Waals surface area contributed by atoms with E-state index in [0.717, 1.165) is 18.7 Å². The highest BCUT2D eigenvalue weighted by Gasteiger charge is 2.28. The lowest BCUT2D eigenvalue weighted by molar-refractivity contribution is 0.215. The number of hydrogen-bond acceptors (Lipinski definition) is 4. The summed E-state index contributed by atoms with van der Waals surface area (Å²) in [4.78, 5) is 2.49. The molecular weight excluding hydrogens is 268 g/mol. The molecule has 0 aliphatic carbocycles. The number of hydrogen-bond donors (Lipinski definition) is 1. The SMILES string of the molecule is CCCNC(c1cccc(OC)c1)C1CSCCN1C. The number of benzene rings is 1. The molecule has 112 valence electrons. The Morgan fingerprint density at radius 1 is 1.50 bits per heavy atom. The van der Waals surface area contributed by atoms with Crippen LogP contribution in [-0.4, -0.2) is 49.7 Å².